The Morgan fingerprint density at radius 1 is 1.22 bits per heavy atom. The molecule has 0 saturated heterocycles. The Morgan fingerprint density at radius 2 is 2.07 bits per heavy atom. The van der Waals surface area contributed by atoms with Crippen LogP contribution in [0.15, 0.2) is 47.3 Å². The molecule has 1 aromatic carbocycles. The Balaban J connectivity index is 1.41. The zero-order chi connectivity index (χ0) is 29.0. The number of nitrogens with one attached hydrogen (secondary N) is 1. The van der Waals surface area contributed by atoms with Gasteiger partial charge in [-0.3, -0.25) is 14.4 Å². The standard InChI is InChI=1S/C30H38N8O3/c1-6-40-14-13-38-12-10-20(16-26(39)27-35-36-28(41-27)30(2,3)4)24-8-7-21(15-22(24)18-38)25-9-11-31-29(34-25)33-23-17-32-37(5)19-23/h7-9,11,15,17,19-20H,6,10,12-14,16,18H2,1-5H3,(H,31,33,34)/t20-/m0/s1. The number of carbonyl (C=O) groups is 1. The molecule has 1 atom stereocenters. The number of fused-ring (bicyclic) bond motifs is 1. The zero-order valence-corrected chi connectivity index (χ0v) is 24.4. The van der Waals surface area contributed by atoms with Crippen LogP contribution in [0.4, 0.5) is 11.6 Å². The van der Waals surface area contributed by atoms with Crippen LogP contribution in [0.3, 0.4) is 0 Å². The molecule has 1 N–H and O–H groups in total. The van der Waals surface area contributed by atoms with Crippen molar-refractivity contribution >= 4 is 17.4 Å². The topological polar surface area (TPSA) is 124 Å². The van der Waals surface area contributed by atoms with E-state index in [9.17, 15) is 4.79 Å². The van der Waals surface area contributed by atoms with E-state index in [1.54, 1.807) is 17.1 Å². The summed E-state index contributed by atoms with van der Waals surface area (Å²) < 4.78 is 13.1. The lowest BCUT2D eigenvalue weighted by Crippen LogP contribution is -2.27. The molecule has 1 aliphatic rings. The number of aryl methyl sites for hydroxylation is 1. The Kier molecular flexibility index (Phi) is 8.55. The van der Waals surface area contributed by atoms with Gasteiger partial charge >= 0.3 is 0 Å². The molecular weight excluding hydrogens is 520 g/mol. The molecule has 11 heteroatoms. The lowest BCUT2D eigenvalue weighted by molar-refractivity contribution is 0.0929. The Bertz CT molecular complexity index is 1490. The van der Waals surface area contributed by atoms with Gasteiger partial charge in [-0.15, -0.1) is 10.2 Å². The third-order valence-corrected chi connectivity index (χ3v) is 7.18. The van der Waals surface area contributed by atoms with Crippen LogP contribution in [0.1, 0.15) is 74.2 Å². The monoisotopic (exact) mass is 558 g/mol. The predicted octanol–water partition coefficient (Wildman–Crippen LogP) is 4.90. The second-order valence-electron chi connectivity index (χ2n) is 11.5. The summed E-state index contributed by atoms with van der Waals surface area (Å²) in [7, 11) is 1.86. The molecule has 216 valence electrons. The van der Waals surface area contributed by atoms with Gasteiger partial charge in [-0.25, -0.2) is 9.97 Å². The average Bonchev–Trinajstić information content (AvgIpc) is 3.57. The van der Waals surface area contributed by atoms with Crippen LogP contribution < -0.4 is 5.32 Å². The van der Waals surface area contributed by atoms with E-state index in [4.69, 9.17) is 14.1 Å². The van der Waals surface area contributed by atoms with Crippen molar-refractivity contribution in [1.29, 1.82) is 0 Å². The van der Waals surface area contributed by atoms with Crippen LogP contribution in [-0.4, -0.2) is 66.9 Å². The zero-order valence-electron chi connectivity index (χ0n) is 24.4. The van der Waals surface area contributed by atoms with Crippen molar-refractivity contribution in [2.45, 2.75) is 58.4 Å². The first-order valence-corrected chi connectivity index (χ1v) is 14.1. The normalized spacial score (nSPS) is 15.9. The Hall–Kier alpha value is -3.96. The summed E-state index contributed by atoms with van der Waals surface area (Å²) in [6, 6.07) is 8.31. The van der Waals surface area contributed by atoms with Crippen LogP contribution in [0.5, 0.6) is 0 Å². The van der Waals surface area contributed by atoms with Gasteiger partial charge in [-0.1, -0.05) is 32.9 Å². The second kappa shape index (κ2) is 12.3. The molecule has 41 heavy (non-hydrogen) atoms. The Morgan fingerprint density at radius 3 is 2.80 bits per heavy atom. The summed E-state index contributed by atoms with van der Waals surface area (Å²) in [5.74, 6) is 0.956. The van der Waals surface area contributed by atoms with E-state index < -0.39 is 0 Å². The minimum Gasteiger partial charge on any atom is -0.418 e. The summed E-state index contributed by atoms with van der Waals surface area (Å²) in [4.78, 5) is 24.8. The van der Waals surface area contributed by atoms with Gasteiger partial charge in [0.15, 0.2) is 0 Å². The van der Waals surface area contributed by atoms with Crippen molar-refractivity contribution in [2.24, 2.45) is 7.05 Å². The molecule has 4 heterocycles. The first-order valence-electron chi connectivity index (χ1n) is 14.1. The van der Waals surface area contributed by atoms with E-state index in [0.29, 0.717) is 31.5 Å². The van der Waals surface area contributed by atoms with E-state index >= 15 is 0 Å². The second-order valence-corrected chi connectivity index (χ2v) is 11.5. The predicted molar refractivity (Wildman–Crippen MR) is 155 cm³/mol. The van der Waals surface area contributed by atoms with Crippen molar-refractivity contribution in [3.05, 3.63) is 65.8 Å². The fourth-order valence-electron chi connectivity index (χ4n) is 5.00. The third-order valence-electron chi connectivity index (χ3n) is 7.18. The minimum atomic E-state index is -0.313. The van der Waals surface area contributed by atoms with Crippen molar-refractivity contribution in [1.82, 2.24) is 34.8 Å². The van der Waals surface area contributed by atoms with Crippen LogP contribution in [-0.2, 0) is 23.7 Å². The van der Waals surface area contributed by atoms with Crippen LogP contribution >= 0.6 is 0 Å². The smallest absolute Gasteiger partial charge is 0.284 e. The number of nitrogens with zero attached hydrogens (tertiary/aromatic N) is 7. The maximum absolute atomic E-state index is 13.3. The molecule has 0 spiro atoms. The van der Waals surface area contributed by atoms with Crippen molar-refractivity contribution in [3.8, 4) is 11.3 Å². The number of hydrogen-bond acceptors (Lipinski definition) is 10. The molecule has 3 aromatic heterocycles. The minimum absolute atomic E-state index is 0.0295. The lowest BCUT2D eigenvalue weighted by atomic mass is 9.87. The highest BCUT2D eigenvalue weighted by molar-refractivity contribution is 5.92. The molecule has 0 aliphatic carbocycles. The lowest BCUT2D eigenvalue weighted by Gasteiger charge is -2.20. The van der Waals surface area contributed by atoms with Crippen molar-refractivity contribution < 1.29 is 13.9 Å². The quantitative estimate of drug-likeness (QED) is 0.212. The molecule has 11 nitrogen and oxygen atoms in total. The molecule has 0 fully saturated rings. The van der Waals surface area contributed by atoms with Gasteiger partial charge < -0.3 is 14.5 Å². The Labute approximate surface area is 240 Å². The van der Waals surface area contributed by atoms with Gasteiger partial charge in [-0.2, -0.15) is 5.10 Å². The summed E-state index contributed by atoms with van der Waals surface area (Å²) in [5, 5.41) is 15.6. The SMILES string of the molecule is CCOCCN1CC[C@@H](CC(=O)c2nnc(C(C)(C)C)o2)c2ccc(-c3ccnc(Nc4cnn(C)c4)n3)cc2C1. The highest BCUT2D eigenvalue weighted by Gasteiger charge is 2.29. The summed E-state index contributed by atoms with van der Waals surface area (Å²) in [5.41, 5.74) is 4.65. The van der Waals surface area contributed by atoms with Gasteiger partial charge in [-0.05, 0) is 49.1 Å². The molecule has 4 aromatic rings. The highest BCUT2D eigenvalue weighted by Crippen LogP contribution is 2.35. The molecule has 0 unspecified atom stereocenters. The summed E-state index contributed by atoms with van der Waals surface area (Å²) in [6.07, 6.45) is 6.50. The maximum Gasteiger partial charge on any atom is 0.284 e. The number of benzene rings is 1. The van der Waals surface area contributed by atoms with E-state index in [1.807, 2.05) is 47.0 Å². The maximum atomic E-state index is 13.3. The van der Waals surface area contributed by atoms with Gasteiger partial charge in [0.05, 0.1) is 24.2 Å². The molecule has 1 aliphatic heterocycles. The molecule has 0 radical (unpaired) electrons. The first kappa shape index (κ1) is 28.6. The number of ether oxygens (including phenoxy) is 1. The first-order chi connectivity index (χ1) is 19.7. The number of rotatable bonds is 10. The van der Waals surface area contributed by atoms with Gasteiger partial charge in [0.1, 0.15) is 0 Å². The average molecular weight is 559 g/mol. The number of aromatic nitrogens is 6. The fourth-order valence-corrected chi connectivity index (χ4v) is 5.00. The number of Topliss-reactive ketones (excluding diaryl/α,β-unsaturated/α-hetero) is 1. The van der Waals surface area contributed by atoms with E-state index in [1.165, 1.54) is 11.1 Å². The third kappa shape index (κ3) is 7.04. The molecule has 5 rings (SSSR count). The van der Waals surface area contributed by atoms with Crippen molar-refractivity contribution in [2.75, 3.05) is 31.6 Å². The molecular formula is C30H38N8O3. The van der Waals surface area contributed by atoms with Gasteiger partial charge in [0, 0.05) is 56.5 Å². The number of anilines is 2. The van der Waals surface area contributed by atoms with Crippen LogP contribution in [0.2, 0.25) is 0 Å². The van der Waals surface area contributed by atoms with Gasteiger partial charge in [0.2, 0.25) is 17.6 Å². The number of carbonyl (C=O) groups excluding carboxylic acids is 1. The van der Waals surface area contributed by atoms with E-state index in [-0.39, 0.29) is 23.0 Å². The van der Waals surface area contributed by atoms with E-state index in [0.717, 1.165) is 43.0 Å². The van der Waals surface area contributed by atoms with E-state index in [2.05, 4.69) is 48.7 Å². The fraction of sp³-hybridized carbons (Fsp3) is 0.467. The molecule has 0 saturated carbocycles. The van der Waals surface area contributed by atoms with Gasteiger partial charge in [0.25, 0.3) is 5.89 Å². The summed E-state index contributed by atoms with van der Waals surface area (Å²) >= 11 is 0. The van der Waals surface area contributed by atoms with Crippen molar-refractivity contribution in [3.63, 3.8) is 0 Å². The number of ketones is 1. The highest BCUT2D eigenvalue weighted by atomic mass is 16.5. The largest absolute Gasteiger partial charge is 0.418 e. The number of hydrogen-bond donors (Lipinski definition) is 1. The summed E-state index contributed by atoms with van der Waals surface area (Å²) in [6.45, 7) is 11.8. The van der Waals surface area contributed by atoms with Crippen LogP contribution in [0.25, 0.3) is 11.3 Å². The van der Waals surface area contributed by atoms with Crippen LogP contribution in [0, 0.1) is 0 Å². The molecule has 0 amide bonds. The molecule has 0 bridgehead atoms.